The Hall–Kier alpha value is -0.870. The van der Waals surface area contributed by atoms with Gasteiger partial charge in [-0.3, -0.25) is 4.79 Å². The Labute approximate surface area is 110 Å². The molecule has 0 unspecified atom stereocenters. The molecule has 0 amide bonds. The zero-order chi connectivity index (χ0) is 12.3. The van der Waals surface area contributed by atoms with Gasteiger partial charge in [-0.1, -0.05) is 15.9 Å². The maximum Gasteiger partial charge on any atom is 0.180 e. The van der Waals surface area contributed by atoms with Crippen molar-refractivity contribution < 1.29 is 9.53 Å². The zero-order valence-corrected chi connectivity index (χ0v) is 11.4. The van der Waals surface area contributed by atoms with Gasteiger partial charge in [-0.2, -0.15) is 0 Å². The van der Waals surface area contributed by atoms with Gasteiger partial charge < -0.3 is 10.1 Å². The molecule has 1 aliphatic rings. The molecule has 0 heterocycles. The van der Waals surface area contributed by atoms with Crippen LogP contribution < -0.4 is 10.1 Å². The Balaban J connectivity index is 2.19. The standard InChI is InChI=1S/C13H16BrNO2/c1-15-8-12(16)11-7-9(14)5-6-13(11)17-10-3-2-4-10/h5-7,10,15H,2-4,8H2,1H3. The second-order valence-electron chi connectivity index (χ2n) is 4.26. The predicted molar refractivity (Wildman–Crippen MR) is 70.7 cm³/mol. The first-order valence-corrected chi connectivity index (χ1v) is 6.64. The normalized spacial score (nSPS) is 15.4. The summed E-state index contributed by atoms with van der Waals surface area (Å²) in [5, 5.41) is 2.87. The summed E-state index contributed by atoms with van der Waals surface area (Å²) in [6, 6.07) is 5.60. The van der Waals surface area contributed by atoms with E-state index in [4.69, 9.17) is 4.74 Å². The molecule has 0 radical (unpaired) electrons. The summed E-state index contributed by atoms with van der Waals surface area (Å²) >= 11 is 3.38. The molecule has 1 N–H and O–H groups in total. The summed E-state index contributed by atoms with van der Waals surface area (Å²) in [6.07, 6.45) is 3.70. The van der Waals surface area contributed by atoms with Crippen molar-refractivity contribution in [1.29, 1.82) is 0 Å². The van der Waals surface area contributed by atoms with Crippen LogP contribution in [0.5, 0.6) is 5.75 Å². The van der Waals surface area contributed by atoms with Crippen LogP contribution in [0.1, 0.15) is 29.6 Å². The first-order valence-electron chi connectivity index (χ1n) is 5.84. The number of rotatable bonds is 5. The van der Waals surface area contributed by atoms with E-state index in [1.807, 2.05) is 18.2 Å². The summed E-state index contributed by atoms with van der Waals surface area (Å²) in [5.41, 5.74) is 0.653. The zero-order valence-electron chi connectivity index (χ0n) is 9.83. The lowest BCUT2D eigenvalue weighted by Crippen LogP contribution is -2.26. The molecule has 1 fully saturated rings. The molecule has 0 spiro atoms. The molecular formula is C13H16BrNO2. The highest BCUT2D eigenvalue weighted by molar-refractivity contribution is 9.10. The van der Waals surface area contributed by atoms with E-state index in [1.165, 1.54) is 6.42 Å². The maximum atomic E-state index is 11.9. The highest BCUT2D eigenvalue weighted by Crippen LogP contribution is 2.29. The van der Waals surface area contributed by atoms with Crippen molar-refractivity contribution in [3.8, 4) is 5.75 Å². The van der Waals surface area contributed by atoms with Gasteiger partial charge >= 0.3 is 0 Å². The van der Waals surface area contributed by atoms with Gasteiger partial charge in [0.15, 0.2) is 5.78 Å². The smallest absolute Gasteiger partial charge is 0.180 e. The fraction of sp³-hybridized carbons (Fsp3) is 0.462. The topological polar surface area (TPSA) is 38.3 Å². The maximum absolute atomic E-state index is 11.9. The molecule has 17 heavy (non-hydrogen) atoms. The number of halogens is 1. The number of likely N-dealkylation sites (N-methyl/N-ethyl adjacent to an activating group) is 1. The van der Waals surface area contributed by atoms with Gasteiger partial charge in [-0.15, -0.1) is 0 Å². The lowest BCUT2D eigenvalue weighted by molar-refractivity contribution is 0.0965. The minimum Gasteiger partial charge on any atom is -0.490 e. The lowest BCUT2D eigenvalue weighted by atomic mass is 9.96. The first kappa shape index (κ1) is 12.6. The number of carbonyl (C=O) groups is 1. The van der Waals surface area contributed by atoms with E-state index >= 15 is 0 Å². The highest BCUT2D eigenvalue weighted by Gasteiger charge is 2.21. The number of ether oxygens (including phenoxy) is 1. The van der Waals surface area contributed by atoms with Crippen molar-refractivity contribution in [3.05, 3.63) is 28.2 Å². The van der Waals surface area contributed by atoms with Crippen LogP contribution in [0.15, 0.2) is 22.7 Å². The van der Waals surface area contributed by atoms with Crippen LogP contribution >= 0.6 is 15.9 Å². The van der Waals surface area contributed by atoms with Crippen molar-refractivity contribution in [1.82, 2.24) is 5.32 Å². The Bertz CT molecular complexity index is 416. The molecule has 1 aromatic carbocycles. The van der Waals surface area contributed by atoms with Crippen LogP contribution in [-0.4, -0.2) is 25.5 Å². The van der Waals surface area contributed by atoms with Crippen LogP contribution in [0.4, 0.5) is 0 Å². The predicted octanol–water partition coefficient (Wildman–Crippen LogP) is 2.78. The van der Waals surface area contributed by atoms with E-state index in [9.17, 15) is 4.79 Å². The molecule has 3 nitrogen and oxygen atoms in total. The molecule has 0 aromatic heterocycles. The summed E-state index contributed by atoms with van der Waals surface area (Å²) in [4.78, 5) is 11.9. The number of benzene rings is 1. The summed E-state index contributed by atoms with van der Waals surface area (Å²) in [5.74, 6) is 0.765. The molecule has 0 bridgehead atoms. The first-order chi connectivity index (χ1) is 8.20. The van der Waals surface area contributed by atoms with Crippen LogP contribution in [-0.2, 0) is 0 Å². The van der Waals surface area contributed by atoms with E-state index in [-0.39, 0.29) is 11.9 Å². The molecular weight excluding hydrogens is 282 g/mol. The average molecular weight is 298 g/mol. The van der Waals surface area contributed by atoms with Crippen LogP contribution in [0, 0.1) is 0 Å². The third-order valence-electron chi connectivity index (χ3n) is 2.93. The average Bonchev–Trinajstić information content (AvgIpc) is 2.25. The summed E-state index contributed by atoms with van der Waals surface area (Å²) < 4.78 is 6.74. The molecule has 92 valence electrons. The Kier molecular flexibility index (Phi) is 4.18. The lowest BCUT2D eigenvalue weighted by Gasteiger charge is -2.27. The van der Waals surface area contributed by atoms with E-state index < -0.39 is 0 Å². The second kappa shape index (κ2) is 5.65. The Morgan fingerprint density at radius 2 is 2.29 bits per heavy atom. The van der Waals surface area contributed by atoms with Crippen molar-refractivity contribution in [3.63, 3.8) is 0 Å². The minimum atomic E-state index is 0.0584. The minimum absolute atomic E-state index is 0.0584. The molecule has 2 rings (SSSR count). The van der Waals surface area contributed by atoms with Crippen molar-refractivity contribution >= 4 is 21.7 Å². The molecule has 0 saturated heterocycles. The molecule has 1 aliphatic carbocycles. The van der Waals surface area contributed by atoms with Crippen LogP contribution in [0.25, 0.3) is 0 Å². The number of Topliss-reactive ketones (excluding diaryl/α,β-unsaturated/α-hetero) is 1. The Morgan fingerprint density at radius 1 is 1.53 bits per heavy atom. The van der Waals surface area contributed by atoms with Gasteiger partial charge in [-0.05, 0) is 44.5 Å². The van der Waals surface area contributed by atoms with Crippen LogP contribution in [0.2, 0.25) is 0 Å². The number of hydrogen-bond donors (Lipinski definition) is 1. The Morgan fingerprint density at radius 3 is 2.88 bits per heavy atom. The van der Waals surface area contributed by atoms with Gasteiger partial charge in [0.05, 0.1) is 18.2 Å². The molecule has 0 aliphatic heterocycles. The van der Waals surface area contributed by atoms with Gasteiger partial charge in [0.2, 0.25) is 0 Å². The number of carbonyl (C=O) groups excluding carboxylic acids is 1. The monoisotopic (exact) mass is 297 g/mol. The third kappa shape index (κ3) is 3.07. The van der Waals surface area contributed by atoms with E-state index in [0.29, 0.717) is 17.9 Å². The van der Waals surface area contributed by atoms with E-state index in [2.05, 4.69) is 21.2 Å². The van der Waals surface area contributed by atoms with E-state index in [1.54, 1.807) is 7.05 Å². The van der Waals surface area contributed by atoms with Gasteiger partial charge in [-0.25, -0.2) is 0 Å². The SMILES string of the molecule is CNCC(=O)c1cc(Br)ccc1OC1CCC1. The van der Waals surface area contributed by atoms with Gasteiger partial charge in [0.25, 0.3) is 0 Å². The van der Waals surface area contributed by atoms with Crippen molar-refractivity contribution in [2.45, 2.75) is 25.4 Å². The molecule has 1 aromatic rings. The quantitative estimate of drug-likeness (QED) is 0.850. The molecule has 4 heteroatoms. The summed E-state index contributed by atoms with van der Waals surface area (Å²) in [7, 11) is 1.77. The number of hydrogen-bond acceptors (Lipinski definition) is 3. The van der Waals surface area contributed by atoms with Crippen LogP contribution in [0.3, 0.4) is 0 Å². The van der Waals surface area contributed by atoms with Crippen molar-refractivity contribution in [2.24, 2.45) is 0 Å². The number of nitrogens with one attached hydrogen (secondary N) is 1. The molecule has 0 atom stereocenters. The number of ketones is 1. The van der Waals surface area contributed by atoms with Crippen molar-refractivity contribution in [2.75, 3.05) is 13.6 Å². The highest BCUT2D eigenvalue weighted by atomic mass is 79.9. The summed E-state index contributed by atoms with van der Waals surface area (Å²) in [6.45, 7) is 0.331. The third-order valence-corrected chi connectivity index (χ3v) is 3.42. The fourth-order valence-corrected chi connectivity index (χ4v) is 2.11. The molecule has 1 saturated carbocycles. The van der Waals surface area contributed by atoms with Gasteiger partial charge in [0.1, 0.15) is 5.75 Å². The van der Waals surface area contributed by atoms with Gasteiger partial charge in [0, 0.05) is 4.47 Å². The largest absolute Gasteiger partial charge is 0.490 e. The fourth-order valence-electron chi connectivity index (χ4n) is 1.75. The second-order valence-corrected chi connectivity index (χ2v) is 5.18. The van der Waals surface area contributed by atoms with E-state index in [0.717, 1.165) is 17.3 Å².